The van der Waals surface area contributed by atoms with Crippen LogP contribution in [-0.4, -0.2) is 41.3 Å². The first kappa shape index (κ1) is 23.8. The van der Waals surface area contributed by atoms with Crippen molar-refractivity contribution in [2.75, 3.05) is 12.3 Å². The topological polar surface area (TPSA) is 153 Å². The molecule has 0 radical (unpaired) electrons. The Kier molecular flexibility index (Phi) is 7.30. The lowest BCUT2D eigenvalue weighted by Crippen LogP contribution is -2.37. The minimum atomic E-state index is -3.68. The molecule has 0 fully saturated rings. The molecule has 0 aliphatic rings. The van der Waals surface area contributed by atoms with E-state index in [0.29, 0.717) is 5.69 Å². The zero-order valence-electron chi connectivity index (χ0n) is 17.6. The van der Waals surface area contributed by atoms with Crippen LogP contribution in [0.1, 0.15) is 21.7 Å². The van der Waals surface area contributed by atoms with Crippen LogP contribution in [0, 0.1) is 17.0 Å². The largest absolute Gasteiger partial charge is 0.349 e. The second-order valence-electron chi connectivity index (χ2n) is 7.04. The smallest absolute Gasteiger partial charge is 0.294 e. The van der Waals surface area contributed by atoms with Gasteiger partial charge in [-0.25, -0.2) is 17.8 Å². The molecular weight excluding hydrogens is 450 g/mol. The molecule has 0 spiro atoms. The van der Waals surface area contributed by atoms with E-state index >= 15 is 0 Å². The van der Waals surface area contributed by atoms with Crippen LogP contribution in [-0.2, 0) is 16.6 Å². The predicted molar refractivity (Wildman–Crippen MR) is 121 cm³/mol. The van der Waals surface area contributed by atoms with E-state index in [-0.39, 0.29) is 24.5 Å². The van der Waals surface area contributed by atoms with Crippen LogP contribution >= 0.6 is 0 Å². The maximum absolute atomic E-state index is 12.5. The fourth-order valence-corrected chi connectivity index (χ4v) is 3.89. The van der Waals surface area contributed by atoms with E-state index in [0.717, 1.165) is 16.3 Å². The quantitative estimate of drug-likeness (QED) is 0.352. The zero-order chi connectivity index (χ0) is 24.0. The van der Waals surface area contributed by atoms with Crippen molar-refractivity contribution in [3.8, 4) is 5.69 Å². The summed E-state index contributed by atoms with van der Waals surface area (Å²) in [7, 11) is -3.68. The van der Waals surface area contributed by atoms with Crippen molar-refractivity contribution in [3.05, 3.63) is 98.0 Å². The Morgan fingerprint density at radius 1 is 1.12 bits per heavy atom. The molecule has 1 amide bonds. The third-order valence-electron chi connectivity index (χ3n) is 4.62. The van der Waals surface area contributed by atoms with Gasteiger partial charge >= 0.3 is 0 Å². The van der Waals surface area contributed by atoms with Gasteiger partial charge in [0.05, 0.1) is 10.7 Å². The van der Waals surface area contributed by atoms with Crippen LogP contribution < -0.4 is 15.5 Å². The molecule has 0 saturated heterocycles. The number of aromatic nitrogens is 2. The first-order chi connectivity index (χ1) is 15.7. The van der Waals surface area contributed by atoms with Crippen LogP contribution in [0.5, 0.6) is 0 Å². The number of nitro groups is 1. The molecule has 0 unspecified atom stereocenters. The first-order valence-corrected chi connectivity index (χ1v) is 11.5. The van der Waals surface area contributed by atoms with Gasteiger partial charge < -0.3 is 5.32 Å². The number of carbonyl (C=O) groups is 1. The summed E-state index contributed by atoms with van der Waals surface area (Å²) in [4.78, 5) is 35.5. The highest BCUT2D eigenvalue weighted by molar-refractivity contribution is 7.89. The lowest BCUT2D eigenvalue weighted by Gasteiger charge is -2.12. The van der Waals surface area contributed by atoms with Gasteiger partial charge in [0.25, 0.3) is 11.6 Å². The van der Waals surface area contributed by atoms with Crippen LogP contribution in [0.4, 0.5) is 5.69 Å². The van der Waals surface area contributed by atoms with Gasteiger partial charge in [-0.05, 0) is 18.6 Å². The van der Waals surface area contributed by atoms with Gasteiger partial charge in [-0.2, -0.15) is 5.10 Å². The van der Waals surface area contributed by atoms with E-state index in [1.54, 1.807) is 30.3 Å². The van der Waals surface area contributed by atoms with Crippen LogP contribution in [0.15, 0.2) is 65.5 Å². The zero-order valence-corrected chi connectivity index (χ0v) is 18.4. The number of aryl methyl sites for hydroxylation is 1. The fourth-order valence-electron chi connectivity index (χ4n) is 2.99. The molecule has 2 N–H and O–H groups in total. The third kappa shape index (κ3) is 6.08. The second kappa shape index (κ2) is 10.1. The molecule has 12 heteroatoms. The highest BCUT2D eigenvalue weighted by Gasteiger charge is 2.20. The summed E-state index contributed by atoms with van der Waals surface area (Å²) in [5.41, 5.74) is -0.290. The average molecular weight is 471 g/mol. The number of nitrogens with zero attached hydrogens (tertiary/aromatic N) is 3. The molecular formula is C21H21N5O6S. The number of carbonyl (C=O) groups excluding carboxylic acids is 1. The summed E-state index contributed by atoms with van der Waals surface area (Å²) < 4.78 is 27.9. The van der Waals surface area contributed by atoms with Gasteiger partial charge in [0.15, 0.2) is 5.69 Å². The minimum Gasteiger partial charge on any atom is -0.349 e. The summed E-state index contributed by atoms with van der Waals surface area (Å²) in [5, 5.41) is 17.7. The number of hydrogen-bond donors (Lipinski definition) is 2. The first-order valence-electron chi connectivity index (χ1n) is 9.82. The van der Waals surface area contributed by atoms with Crippen LogP contribution in [0.3, 0.4) is 0 Å². The van der Waals surface area contributed by atoms with Gasteiger partial charge in [-0.15, -0.1) is 0 Å². The van der Waals surface area contributed by atoms with Crippen molar-refractivity contribution in [2.45, 2.75) is 13.5 Å². The highest BCUT2D eigenvalue weighted by Crippen LogP contribution is 2.22. The predicted octanol–water partition coefficient (Wildman–Crippen LogP) is 1.30. The molecule has 0 bridgehead atoms. The molecule has 11 nitrogen and oxygen atoms in total. The van der Waals surface area contributed by atoms with Crippen molar-refractivity contribution in [3.63, 3.8) is 0 Å². The Morgan fingerprint density at radius 3 is 2.48 bits per heavy atom. The minimum absolute atomic E-state index is 0.0849. The van der Waals surface area contributed by atoms with Crippen molar-refractivity contribution >= 4 is 21.6 Å². The molecule has 0 aliphatic heterocycles. The SMILES string of the molecule is Cc1cc(=O)c(C(=O)NCCS(=O)(=O)NCc2ccccc2)nn1-c1ccccc1[N+](=O)[O-]. The number of sulfonamides is 1. The maximum Gasteiger partial charge on any atom is 0.294 e. The Hall–Kier alpha value is -3.90. The Morgan fingerprint density at radius 2 is 1.79 bits per heavy atom. The summed E-state index contributed by atoms with van der Waals surface area (Å²) >= 11 is 0. The molecule has 1 aromatic heterocycles. The molecule has 2 aromatic carbocycles. The maximum atomic E-state index is 12.5. The number of benzene rings is 2. The second-order valence-corrected chi connectivity index (χ2v) is 8.96. The lowest BCUT2D eigenvalue weighted by molar-refractivity contribution is -0.384. The van der Waals surface area contributed by atoms with Gasteiger partial charge in [0.1, 0.15) is 5.69 Å². The monoisotopic (exact) mass is 471 g/mol. The van der Waals surface area contributed by atoms with Gasteiger partial charge in [0.2, 0.25) is 15.5 Å². The van der Waals surface area contributed by atoms with E-state index in [1.165, 1.54) is 25.1 Å². The molecule has 3 aromatic rings. The summed E-state index contributed by atoms with van der Waals surface area (Å²) in [5.74, 6) is -1.29. The van der Waals surface area contributed by atoms with Gasteiger partial charge in [-0.3, -0.25) is 19.7 Å². The summed E-state index contributed by atoms with van der Waals surface area (Å²) in [6.45, 7) is 1.37. The Bertz CT molecular complexity index is 1340. The summed E-state index contributed by atoms with van der Waals surface area (Å²) in [6.07, 6.45) is 0. The van der Waals surface area contributed by atoms with E-state index in [4.69, 9.17) is 0 Å². The molecule has 0 atom stereocenters. The normalized spacial score (nSPS) is 11.2. The number of hydrogen-bond acceptors (Lipinski definition) is 7. The van der Waals surface area contributed by atoms with Crippen molar-refractivity contribution < 1.29 is 18.1 Å². The van der Waals surface area contributed by atoms with E-state index in [1.807, 2.05) is 6.07 Å². The fraction of sp³-hybridized carbons (Fsp3) is 0.190. The molecule has 0 saturated carbocycles. The molecule has 33 heavy (non-hydrogen) atoms. The highest BCUT2D eigenvalue weighted by atomic mass is 32.2. The molecule has 172 valence electrons. The van der Waals surface area contributed by atoms with Crippen molar-refractivity contribution in [1.29, 1.82) is 0 Å². The van der Waals surface area contributed by atoms with Gasteiger partial charge in [0, 0.05) is 30.9 Å². The number of nitro benzene ring substituents is 1. The Balaban J connectivity index is 1.71. The number of amides is 1. The molecule has 3 rings (SSSR count). The lowest BCUT2D eigenvalue weighted by atomic mass is 10.2. The third-order valence-corrected chi connectivity index (χ3v) is 5.95. The molecule has 0 aliphatic carbocycles. The van der Waals surface area contributed by atoms with E-state index < -0.39 is 37.7 Å². The van der Waals surface area contributed by atoms with Crippen LogP contribution in [0.25, 0.3) is 5.69 Å². The van der Waals surface area contributed by atoms with Crippen molar-refractivity contribution in [1.82, 2.24) is 19.8 Å². The van der Waals surface area contributed by atoms with E-state index in [2.05, 4.69) is 15.1 Å². The number of nitrogens with one attached hydrogen (secondary N) is 2. The standard InChI is InChI=1S/C21H21N5O6S/c1-15-13-19(27)20(24-25(15)17-9-5-6-10-18(17)26(29)30)21(28)22-11-12-33(31,32)23-14-16-7-3-2-4-8-16/h2-10,13,23H,11-12,14H2,1H3,(H,22,28). The number of rotatable bonds is 9. The van der Waals surface area contributed by atoms with Gasteiger partial charge in [-0.1, -0.05) is 42.5 Å². The average Bonchev–Trinajstić information content (AvgIpc) is 2.78. The van der Waals surface area contributed by atoms with Crippen LogP contribution in [0.2, 0.25) is 0 Å². The Labute approximate surface area is 189 Å². The van der Waals surface area contributed by atoms with Crippen molar-refractivity contribution in [2.24, 2.45) is 0 Å². The molecule has 1 heterocycles. The van der Waals surface area contributed by atoms with E-state index in [9.17, 15) is 28.1 Å². The number of para-hydroxylation sites is 2. The summed E-state index contributed by atoms with van der Waals surface area (Å²) in [6, 6.07) is 15.8.